The van der Waals surface area contributed by atoms with Crippen molar-refractivity contribution >= 4 is 17.3 Å². The molecule has 1 aromatic rings. The Morgan fingerprint density at radius 1 is 1.48 bits per heavy atom. The van der Waals surface area contributed by atoms with Crippen LogP contribution in [0.25, 0.3) is 0 Å². The topological polar surface area (TPSA) is 44.7 Å². The number of aliphatic hydroxyl groups excluding tert-OH is 1. The second kappa shape index (κ2) is 7.99. The second-order valence-corrected chi connectivity index (χ2v) is 6.00. The first kappa shape index (κ1) is 16.6. The van der Waals surface area contributed by atoms with E-state index in [1.165, 1.54) is 0 Å². The second-order valence-electron chi connectivity index (χ2n) is 5.59. The monoisotopic (exact) mass is 312 g/mol. The minimum atomic E-state index is -0.120. The number of nitrogens with one attached hydrogen (secondary N) is 1. The van der Waals surface area contributed by atoms with Crippen LogP contribution in [0.3, 0.4) is 0 Å². The molecule has 2 rings (SSSR count). The van der Waals surface area contributed by atoms with Crippen LogP contribution in [-0.2, 0) is 11.3 Å². The minimum Gasteiger partial charge on any atom is -0.394 e. The van der Waals surface area contributed by atoms with Gasteiger partial charge in [-0.2, -0.15) is 0 Å². The summed E-state index contributed by atoms with van der Waals surface area (Å²) in [7, 11) is 0. The number of nitrogens with zero attached hydrogens (tertiary/aromatic N) is 1. The van der Waals surface area contributed by atoms with Crippen LogP contribution in [-0.4, -0.2) is 43.6 Å². The highest BCUT2D eigenvalue weighted by molar-refractivity contribution is 6.31. The van der Waals surface area contributed by atoms with E-state index in [9.17, 15) is 5.11 Å². The SMILES string of the molecule is CCCNCc1ccc(N2CC(CO)OCC2C)cc1Cl. The van der Waals surface area contributed by atoms with Crippen LogP contribution in [0.4, 0.5) is 5.69 Å². The minimum absolute atomic E-state index is 0.0516. The zero-order valence-corrected chi connectivity index (χ0v) is 13.6. The maximum absolute atomic E-state index is 9.28. The highest BCUT2D eigenvalue weighted by atomic mass is 35.5. The summed E-state index contributed by atoms with van der Waals surface area (Å²) < 4.78 is 5.58. The molecule has 118 valence electrons. The van der Waals surface area contributed by atoms with Gasteiger partial charge in [-0.15, -0.1) is 0 Å². The van der Waals surface area contributed by atoms with E-state index in [1.807, 2.05) is 6.07 Å². The van der Waals surface area contributed by atoms with Crippen LogP contribution in [0.1, 0.15) is 25.8 Å². The van der Waals surface area contributed by atoms with Gasteiger partial charge in [0.15, 0.2) is 0 Å². The van der Waals surface area contributed by atoms with Gasteiger partial charge >= 0.3 is 0 Å². The molecule has 0 spiro atoms. The Hall–Kier alpha value is -0.810. The van der Waals surface area contributed by atoms with Gasteiger partial charge < -0.3 is 20.1 Å². The molecule has 5 heteroatoms. The maximum atomic E-state index is 9.28. The lowest BCUT2D eigenvalue weighted by Gasteiger charge is -2.39. The van der Waals surface area contributed by atoms with E-state index in [-0.39, 0.29) is 18.8 Å². The van der Waals surface area contributed by atoms with E-state index >= 15 is 0 Å². The van der Waals surface area contributed by atoms with Crippen molar-refractivity contribution in [3.8, 4) is 0 Å². The average molecular weight is 313 g/mol. The molecular weight excluding hydrogens is 288 g/mol. The van der Waals surface area contributed by atoms with E-state index in [4.69, 9.17) is 16.3 Å². The van der Waals surface area contributed by atoms with Crippen molar-refractivity contribution < 1.29 is 9.84 Å². The Bertz CT molecular complexity index is 456. The molecule has 2 N–H and O–H groups in total. The predicted molar refractivity (Wildman–Crippen MR) is 87.1 cm³/mol. The van der Waals surface area contributed by atoms with Gasteiger partial charge in [0.25, 0.3) is 0 Å². The highest BCUT2D eigenvalue weighted by Gasteiger charge is 2.26. The first-order valence-electron chi connectivity index (χ1n) is 7.64. The molecular formula is C16H25ClN2O2. The molecule has 1 heterocycles. The Balaban J connectivity index is 2.07. The summed E-state index contributed by atoms with van der Waals surface area (Å²) in [6.45, 7) is 7.44. The van der Waals surface area contributed by atoms with Crippen molar-refractivity contribution in [2.75, 3.05) is 31.2 Å². The van der Waals surface area contributed by atoms with Crippen LogP contribution in [0.5, 0.6) is 0 Å². The van der Waals surface area contributed by atoms with E-state index in [0.29, 0.717) is 13.2 Å². The summed E-state index contributed by atoms with van der Waals surface area (Å²) in [4.78, 5) is 2.25. The summed E-state index contributed by atoms with van der Waals surface area (Å²) in [5, 5.41) is 13.4. The largest absolute Gasteiger partial charge is 0.394 e. The number of aliphatic hydroxyl groups is 1. The fourth-order valence-electron chi connectivity index (χ4n) is 2.55. The van der Waals surface area contributed by atoms with Crippen LogP contribution >= 0.6 is 11.6 Å². The summed E-state index contributed by atoms with van der Waals surface area (Å²) in [6.07, 6.45) is 0.995. The molecule has 0 radical (unpaired) electrons. The third-order valence-corrected chi connectivity index (χ3v) is 4.17. The van der Waals surface area contributed by atoms with Gasteiger partial charge in [0.2, 0.25) is 0 Å². The van der Waals surface area contributed by atoms with Gasteiger partial charge in [0, 0.05) is 29.8 Å². The molecule has 4 nitrogen and oxygen atoms in total. The Morgan fingerprint density at radius 2 is 2.29 bits per heavy atom. The van der Waals surface area contributed by atoms with Crippen LogP contribution in [0, 0.1) is 0 Å². The van der Waals surface area contributed by atoms with Crippen molar-refractivity contribution in [3.63, 3.8) is 0 Å². The fourth-order valence-corrected chi connectivity index (χ4v) is 2.79. The quantitative estimate of drug-likeness (QED) is 0.792. The van der Waals surface area contributed by atoms with Crippen molar-refractivity contribution in [2.24, 2.45) is 0 Å². The maximum Gasteiger partial charge on any atom is 0.0981 e. The predicted octanol–water partition coefficient (Wildman–Crippen LogP) is 2.43. The van der Waals surface area contributed by atoms with Gasteiger partial charge in [0.1, 0.15) is 0 Å². The van der Waals surface area contributed by atoms with Gasteiger partial charge in [0.05, 0.1) is 19.3 Å². The molecule has 1 fully saturated rings. The average Bonchev–Trinajstić information content (AvgIpc) is 2.49. The number of benzene rings is 1. The molecule has 0 aromatic heterocycles. The Labute approximate surface area is 132 Å². The first-order chi connectivity index (χ1) is 10.2. The molecule has 21 heavy (non-hydrogen) atoms. The van der Waals surface area contributed by atoms with Gasteiger partial charge in [-0.1, -0.05) is 24.6 Å². The van der Waals surface area contributed by atoms with Gasteiger partial charge in [-0.25, -0.2) is 0 Å². The number of anilines is 1. The van der Waals surface area contributed by atoms with E-state index in [0.717, 1.165) is 35.8 Å². The lowest BCUT2D eigenvalue weighted by atomic mass is 10.1. The zero-order valence-electron chi connectivity index (χ0n) is 12.8. The smallest absolute Gasteiger partial charge is 0.0981 e. The number of hydrogen-bond acceptors (Lipinski definition) is 4. The molecule has 1 saturated heterocycles. The standard InChI is InChI=1S/C16H25ClN2O2/c1-3-6-18-8-13-4-5-14(7-16(13)17)19-9-15(10-20)21-11-12(19)2/h4-5,7,12,15,18,20H,3,6,8-11H2,1-2H3. The highest BCUT2D eigenvalue weighted by Crippen LogP contribution is 2.27. The lowest BCUT2D eigenvalue weighted by molar-refractivity contribution is -0.0103. The van der Waals surface area contributed by atoms with Gasteiger partial charge in [-0.05, 0) is 37.6 Å². The normalized spacial score (nSPS) is 22.6. The van der Waals surface area contributed by atoms with Crippen molar-refractivity contribution in [1.29, 1.82) is 0 Å². The Morgan fingerprint density at radius 3 is 2.95 bits per heavy atom. The lowest BCUT2D eigenvalue weighted by Crippen LogP contribution is -2.49. The third kappa shape index (κ3) is 4.33. The molecule has 1 aliphatic heterocycles. The number of rotatable bonds is 6. The van der Waals surface area contributed by atoms with E-state index < -0.39 is 0 Å². The van der Waals surface area contributed by atoms with E-state index in [1.54, 1.807) is 0 Å². The fraction of sp³-hybridized carbons (Fsp3) is 0.625. The molecule has 1 aliphatic rings. The summed E-state index contributed by atoms with van der Waals surface area (Å²) >= 11 is 6.40. The summed E-state index contributed by atoms with van der Waals surface area (Å²) in [6, 6.07) is 6.48. The van der Waals surface area contributed by atoms with Crippen molar-refractivity contribution in [2.45, 2.75) is 39.0 Å². The van der Waals surface area contributed by atoms with Crippen LogP contribution in [0.2, 0.25) is 5.02 Å². The van der Waals surface area contributed by atoms with Gasteiger partial charge in [-0.3, -0.25) is 0 Å². The number of ether oxygens (including phenoxy) is 1. The Kier molecular flexibility index (Phi) is 6.30. The van der Waals surface area contributed by atoms with E-state index in [2.05, 4.69) is 36.2 Å². The zero-order chi connectivity index (χ0) is 15.2. The molecule has 0 bridgehead atoms. The number of morpholine rings is 1. The number of hydrogen-bond donors (Lipinski definition) is 2. The number of halogens is 1. The molecule has 1 aromatic carbocycles. The third-order valence-electron chi connectivity index (χ3n) is 3.82. The summed E-state index contributed by atoms with van der Waals surface area (Å²) in [5.41, 5.74) is 2.21. The summed E-state index contributed by atoms with van der Waals surface area (Å²) in [5.74, 6) is 0. The molecule has 0 amide bonds. The van der Waals surface area contributed by atoms with Crippen LogP contribution < -0.4 is 10.2 Å². The first-order valence-corrected chi connectivity index (χ1v) is 8.01. The van der Waals surface area contributed by atoms with Crippen LogP contribution in [0.15, 0.2) is 18.2 Å². The molecule has 2 unspecified atom stereocenters. The molecule has 0 saturated carbocycles. The van der Waals surface area contributed by atoms with Crippen molar-refractivity contribution in [3.05, 3.63) is 28.8 Å². The molecule has 0 aliphatic carbocycles. The molecule has 2 atom stereocenters. The van der Waals surface area contributed by atoms with Crippen molar-refractivity contribution in [1.82, 2.24) is 5.32 Å².